The van der Waals surface area contributed by atoms with E-state index in [-0.39, 0.29) is 18.7 Å². The van der Waals surface area contributed by atoms with Crippen molar-refractivity contribution in [2.24, 2.45) is 5.41 Å². The Morgan fingerprint density at radius 3 is 2.42 bits per heavy atom. The minimum atomic E-state index is -3.57. The van der Waals surface area contributed by atoms with Crippen LogP contribution in [0.25, 0.3) is 0 Å². The van der Waals surface area contributed by atoms with Gasteiger partial charge >= 0.3 is 12.1 Å². The topological polar surface area (TPSA) is 99.2 Å². The van der Waals surface area contributed by atoms with Gasteiger partial charge in [-0.3, -0.25) is 8.98 Å². The smallest absolute Gasteiger partial charge is 0.410 e. The van der Waals surface area contributed by atoms with Gasteiger partial charge in [-0.2, -0.15) is 8.42 Å². The lowest BCUT2D eigenvalue weighted by atomic mass is 9.76. The second-order valence-electron chi connectivity index (χ2n) is 7.47. The Morgan fingerprint density at radius 1 is 1.33 bits per heavy atom. The highest BCUT2D eigenvalue weighted by atomic mass is 32.2. The SMILES string of the molecule is CC(C)(C)OC(=O)N1CCC2(CC1)C[C@H](COS(C)(=O)=O)OC2=O. The molecule has 0 aliphatic carbocycles. The van der Waals surface area contributed by atoms with E-state index in [1.807, 2.05) is 0 Å². The van der Waals surface area contributed by atoms with E-state index in [0.29, 0.717) is 32.4 Å². The number of cyclic esters (lactones) is 1. The summed E-state index contributed by atoms with van der Waals surface area (Å²) in [5, 5.41) is 0. The number of hydrogen-bond acceptors (Lipinski definition) is 7. The standard InChI is InChI=1S/C15H25NO7S/c1-14(2,3)23-13(18)16-7-5-15(6-8-16)9-11(22-12(15)17)10-21-24(4,19)20/h11H,5-10H2,1-4H3/t11-/m1/s1. The summed E-state index contributed by atoms with van der Waals surface area (Å²) in [6.45, 7) is 6.06. The first kappa shape index (κ1) is 19.0. The Balaban J connectivity index is 1.90. The minimum Gasteiger partial charge on any atom is -0.459 e. The van der Waals surface area contributed by atoms with Crippen molar-refractivity contribution < 1.29 is 31.7 Å². The van der Waals surface area contributed by atoms with Crippen LogP contribution in [0.15, 0.2) is 0 Å². The zero-order chi connectivity index (χ0) is 18.2. The zero-order valence-electron chi connectivity index (χ0n) is 14.5. The number of ether oxygens (including phenoxy) is 2. The fourth-order valence-electron chi connectivity index (χ4n) is 2.98. The Morgan fingerprint density at radius 2 is 1.92 bits per heavy atom. The first-order valence-corrected chi connectivity index (χ1v) is 9.75. The minimum absolute atomic E-state index is 0.165. The van der Waals surface area contributed by atoms with Crippen molar-refractivity contribution in [1.29, 1.82) is 0 Å². The van der Waals surface area contributed by atoms with E-state index in [9.17, 15) is 18.0 Å². The molecule has 0 N–H and O–H groups in total. The molecule has 0 radical (unpaired) electrons. The van der Waals surface area contributed by atoms with Gasteiger partial charge in [0.2, 0.25) is 0 Å². The van der Waals surface area contributed by atoms with E-state index in [2.05, 4.69) is 0 Å². The van der Waals surface area contributed by atoms with Crippen LogP contribution >= 0.6 is 0 Å². The van der Waals surface area contributed by atoms with Gasteiger partial charge in [0.1, 0.15) is 18.3 Å². The summed E-state index contributed by atoms with van der Waals surface area (Å²) in [6.07, 6.45) is 1.35. The van der Waals surface area contributed by atoms with Crippen molar-refractivity contribution in [2.75, 3.05) is 26.0 Å². The van der Waals surface area contributed by atoms with Gasteiger partial charge in [-0.15, -0.1) is 0 Å². The molecule has 9 heteroatoms. The van der Waals surface area contributed by atoms with Gasteiger partial charge in [-0.05, 0) is 33.6 Å². The van der Waals surface area contributed by atoms with Crippen molar-refractivity contribution in [3.05, 3.63) is 0 Å². The second-order valence-corrected chi connectivity index (χ2v) is 9.11. The monoisotopic (exact) mass is 363 g/mol. The molecule has 2 fully saturated rings. The van der Waals surface area contributed by atoms with Gasteiger partial charge in [-0.1, -0.05) is 0 Å². The summed E-state index contributed by atoms with van der Waals surface area (Å²) in [5.41, 5.74) is -1.23. The molecule has 24 heavy (non-hydrogen) atoms. The maximum Gasteiger partial charge on any atom is 0.410 e. The van der Waals surface area contributed by atoms with Crippen LogP contribution in [0.1, 0.15) is 40.0 Å². The van der Waals surface area contributed by atoms with E-state index < -0.39 is 27.2 Å². The number of hydrogen-bond donors (Lipinski definition) is 0. The molecule has 0 unspecified atom stereocenters. The second kappa shape index (κ2) is 6.51. The Labute approximate surface area is 142 Å². The van der Waals surface area contributed by atoms with Crippen molar-refractivity contribution in [2.45, 2.75) is 51.7 Å². The lowest BCUT2D eigenvalue weighted by Crippen LogP contribution is -2.46. The first-order chi connectivity index (χ1) is 10.9. The van der Waals surface area contributed by atoms with Crippen LogP contribution in [0.4, 0.5) is 4.79 Å². The number of amides is 1. The Kier molecular flexibility index (Phi) is 5.15. The molecule has 2 saturated heterocycles. The summed E-state index contributed by atoms with van der Waals surface area (Å²) in [4.78, 5) is 25.9. The van der Waals surface area contributed by atoms with E-state index in [0.717, 1.165) is 6.26 Å². The van der Waals surface area contributed by atoms with E-state index in [4.69, 9.17) is 13.7 Å². The summed E-state index contributed by atoms with van der Waals surface area (Å²) in [5.74, 6) is -0.339. The number of carbonyl (C=O) groups excluding carboxylic acids is 2. The average Bonchev–Trinajstić information content (AvgIpc) is 2.71. The number of likely N-dealkylation sites (tertiary alicyclic amines) is 1. The van der Waals surface area contributed by atoms with E-state index in [1.54, 1.807) is 25.7 Å². The van der Waals surface area contributed by atoms with Gasteiger partial charge in [0, 0.05) is 19.5 Å². The number of nitrogens with zero attached hydrogens (tertiary/aromatic N) is 1. The molecule has 8 nitrogen and oxygen atoms in total. The molecule has 0 bridgehead atoms. The molecule has 1 spiro atoms. The third kappa shape index (κ3) is 4.83. The first-order valence-electron chi connectivity index (χ1n) is 7.94. The van der Waals surface area contributed by atoms with Crippen LogP contribution in [0.2, 0.25) is 0 Å². The van der Waals surface area contributed by atoms with Gasteiger partial charge in [-0.25, -0.2) is 4.79 Å². The van der Waals surface area contributed by atoms with Crippen LogP contribution in [0.3, 0.4) is 0 Å². The molecule has 2 heterocycles. The van der Waals surface area contributed by atoms with Gasteiger partial charge in [0.05, 0.1) is 11.7 Å². The number of piperidine rings is 1. The van der Waals surface area contributed by atoms with E-state index in [1.165, 1.54) is 0 Å². The Hall–Kier alpha value is -1.35. The summed E-state index contributed by atoms with van der Waals surface area (Å²) in [7, 11) is -3.57. The van der Waals surface area contributed by atoms with Crippen LogP contribution in [0.5, 0.6) is 0 Å². The molecule has 0 aromatic heterocycles. The lowest BCUT2D eigenvalue weighted by molar-refractivity contribution is -0.151. The molecular formula is C15H25NO7S. The summed E-state index contributed by atoms with van der Waals surface area (Å²) in [6, 6.07) is 0. The molecule has 0 saturated carbocycles. The van der Waals surface area contributed by atoms with Crippen molar-refractivity contribution in [3.63, 3.8) is 0 Å². The van der Waals surface area contributed by atoms with E-state index >= 15 is 0 Å². The highest BCUT2D eigenvalue weighted by molar-refractivity contribution is 7.85. The normalized spacial score (nSPS) is 24.1. The molecule has 1 amide bonds. The maximum absolute atomic E-state index is 12.2. The van der Waals surface area contributed by atoms with Crippen molar-refractivity contribution in [1.82, 2.24) is 4.90 Å². The van der Waals surface area contributed by atoms with Gasteiger partial charge < -0.3 is 14.4 Å². The largest absolute Gasteiger partial charge is 0.459 e. The summed E-state index contributed by atoms with van der Waals surface area (Å²) >= 11 is 0. The zero-order valence-corrected chi connectivity index (χ0v) is 15.3. The van der Waals surface area contributed by atoms with Crippen LogP contribution in [-0.2, 0) is 28.6 Å². The van der Waals surface area contributed by atoms with Crippen molar-refractivity contribution >= 4 is 22.2 Å². The number of carbonyl (C=O) groups is 2. The predicted molar refractivity (Wildman–Crippen MR) is 84.8 cm³/mol. The highest BCUT2D eigenvalue weighted by Gasteiger charge is 2.51. The maximum atomic E-state index is 12.2. The van der Waals surface area contributed by atoms with Gasteiger partial charge in [0.15, 0.2) is 0 Å². The molecule has 0 aromatic carbocycles. The summed E-state index contributed by atoms with van der Waals surface area (Å²) < 4.78 is 37.4. The third-order valence-electron chi connectivity index (χ3n) is 4.17. The number of esters is 1. The van der Waals surface area contributed by atoms with Gasteiger partial charge in [0.25, 0.3) is 10.1 Å². The molecule has 2 rings (SSSR count). The molecule has 2 aliphatic rings. The lowest BCUT2D eigenvalue weighted by Gasteiger charge is -2.37. The highest BCUT2D eigenvalue weighted by Crippen LogP contribution is 2.43. The number of rotatable bonds is 3. The molecule has 2 aliphatic heterocycles. The molecule has 1 atom stereocenters. The van der Waals surface area contributed by atoms with Crippen LogP contribution in [0, 0.1) is 5.41 Å². The third-order valence-corrected chi connectivity index (χ3v) is 4.73. The molecule has 138 valence electrons. The molecular weight excluding hydrogens is 338 g/mol. The quantitative estimate of drug-likeness (QED) is 0.550. The average molecular weight is 363 g/mol. The predicted octanol–water partition coefficient (Wildman–Crippen LogP) is 1.30. The van der Waals surface area contributed by atoms with Crippen LogP contribution < -0.4 is 0 Å². The fourth-order valence-corrected chi connectivity index (χ4v) is 3.38. The molecule has 0 aromatic rings. The van der Waals surface area contributed by atoms with Crippen molar-refractivity contribution in [3.8, 4) is 0 Å². The fraction of sp³-hybridized carbons (Fsp3) is 0.867. The van der Waals surface area contributed by atoms with Crippen LogP contribution in [-0.4, -0.2) is 63.0 Å². The Bertz CT molecular complexity index is 600.